The van der Waals surface area contributed by atoms with Gasteiger partial charge in [0.25, 0.3) is 0 Å². The number of hydrogen-bond donors (Lipinski definition) is 3. The lowest BCUT2D eigenvalue weighted by Gasteiger charge is -2.16. The summed E-state index contributed by atoms with van der Waals surface area (Å²) in [4.78, 5) is 11.8. The molecule has 122 valence electrons. The molecule has 1 atom stereocenters. The SMILES string of the molecule is CC(N)CCC(=O)Nc1ccc(F)cc1NC(C)C.Cl.Cl. The molecule has 4 nitrogen and oxygen atoms in total. The lowest BCUT2D eigenvalue weighted by molar-refractivity contribution is -0.116. The van der Waals surface area contributed by atoms with E-state index < -0.39 is 0 Å². The average molecular weight is 340 g/mol. The Hall–Kier alpha value is -1.04. The topological polar surface area (TPSA) is 67.2 Å². The van der Waals surface area contributed by atoms with Gasteiger partial charge in [-0.05, 0) is 45.4 Å². The number of amides is 1. The van der Waals surface area contributed by atoms with Crippen LogP contribution in [-0.2, 0) is 4.79 Å². The molecule has 0 heterocycles. The molecular formula is C14H24Cl2FN3O. The van der Waals surface area contributed by atoms with E-state index in [-0.39, 0.29) is 48.6 Å². The van der Waals surface area contributed by atoms with Crippen LogP contribution in [0.3, 0.4) is 0 Å². The van der Waals surface area contributed by atoms with Crippen LogP contribution in [0.5, 0.6) is 0 Å². The van der Waals surface area contributed by atoms with E-state index in [1.807, 2.05) is 20.8 Å². The number of nitrogens with two attached hydrogens (primary N) is 1. The number of carbonyl (C=O) groups is 1. The number of rotatable bonds is 6. The maximum Gasteiger partial charge on any atom is 0.224 e. The first-order valence-corrected chi connectivity index (χ1v) is 6.50. The molecule has 0 bridgehead atoms. The molecule has 1 amide bonds. The molecule has 0 aliphatic carbocycles. The first-order chi connectivity index (χ1) is 8.88. The van der Waals surface area contributed by atoms with Crippen molar-refractivity contribution in [3.05, 3.63) is 24.0 Å². The van der Waals surface area contributed by atoms with E-state index in [2.05, 4.69) is 10.6 Å². The van der Waals surface area contributed by atoms with E-state index >= 15 is 0 Å². The van der Waals surface area contributed by atoms with Gasteiger partial charge in [0.15, 0.2) is 0 Å². The Morgan fingerprint density at radius 3 is 2.38 bits per heavy atom. The minimum atomic E-state index is -0.336. The molecule has 0 saturated heterocycles. The standard InChI is InChI=1S/C14H22FN3O.2ClH/c1-9(2)17-13-8-11(15)5-6-12(13)18-14(19)7-4-10(3)16;;/h5-6,8-10,17H,4,7,16H2,1-3H3,(H,18,19);2*1H. The number of anilines is 2. The maximum atomic E-state index is 13.2. The van der Waals surface area contributed by atoms with Crippen molar-refractivity contribution >= 4 is 42.1 Å². The minimum absolute atomic E-state index is 0. The molecule has 1 aromatic carbocycles. The van der Waals surface area contributed by atoms with Gasteiger partial charge in [-0.1, -0.05) is 0 Å². The quantitative estimate of drug-likeness (QED) is 0.742. The van der Waals surface area contributed by atoms with Crippen LogP contribution in [0, 0.1) is 5.82 Å². The van der Waals surface area contributed by atoms with Crippen LogP contribution in [0.2, 0.25) is 0 Å². The fourth-order valence-corrected chi connectivity index (χ4v) is 1.63. The van der Waals surface area contributed by atoms with Crippen LogP contribution in [0.15, 0.2) is 18.2 Å². The molecule has 1 unspecified atom stereocenters. The van der Waals surface area contributed by atoms with Crippen molar-refractivity contribution in [2.45, 2.75) is 45.7 Å². The zero-order valence-corrected chi connectivity index (χ0v) is 14.1. The molecule has 0 radical (unpaired) electrons. The second-order valence-electron chi connectivity index (χ2n) is 5.05. The smallest absolute Gasteiger partial charge is 0.224 e. The number of hydrogen-bond acceptors (Lipinski definition) is 3. The molecule has 0 aliphatic heterocycles. The van der Waals surface area contributed by atoms with Gasteiger partial charge in [0, 0.05) is 18.5 Å². The highest BCUT2D eigenvalue weighted by molar-refractivity contribution is 5.94. The van der Waals surface area contributed by atoms with Crippen LogP contribution in [-0.4, -0.2) is 18.0 Å². The van der Waals surface area contributed by atoms with Gasteiger partial charge in [-0.25, -0.2) is 4.39 Å². The molecule has 1 aromatic rings. The Balaban J connectivity index is 0. The van der Waals surface area contributed by atoms with Crippen molar-refractivity contribution in [3.63, 3.8) is 0 Å². The van der Waals surface area contributed by atoms with Crippen molar-refractivity contribution < 1.29 is 9.18 Å². The van der Waals surface area contributed by atoms with Crippen molar-refractivity contribution in [2.75, 3.05) is 10.6 Å². The number of halogens is 3. The Labute approximate surface area is 137 Å². The average Bonchev–Trinajstić information content (AvgIpc) is 2.29. The summed E-state index contributed by atoms with van der Waals surface area (Å²) in [6.07, 6.45) is 0.982. The van der Waals surface area contributed by atoms with Gasteiger partial charge in [0.05, 0.1) is 11.4 Å². The number of nitrogens with one attached hydrogen (secondary N) is 2. The first-order valence-electron chi connectivity index (χ1n) is 6.50. The number of benzene rings is 1. The lowest BCUT2D eigenvalue weighted by Crippen LogP contribution is -2.20. The lowest BCUT2D eigenvalue weighted by atomic mass is 10.2. The highest BCUT2D eigenvalue weighted by Crippen LogP contribution is 2.23. The molecule has 7 heteroatoms. The van der Waals surface area contributed by atoms with Gasteiger partial charge in [-0.2, -0.15) is 0 Å². The van der Waals surface area contributed by atoms with E-state index in [1.165, 1.54) is 12.1 Å². The second kappa shape index (κ2) is 10.7. The van der Waals surface area contributed by atoms with Gasteiger partial charge in [-0.15, -0.1) is 24.8 Å². The van der Waals surface area contributed by atoms with E-state index in [0.717, 1.165) is 0 Å². The fraction of sp³-hybridized carbons (Fsp3) is 0.500. The van der Waals surface area contributed by atoms with Gasteiger partial charge < -0.3 is 16.4 Å². The Morgan fingerprint density at radius 1 is 1.24 bits per heavy atom. The van der Waals surface area contributed by atoms with Gasteiger partial charge >= 0.3 is 0 Å². The largest absolute Gasteiger partial charge is 0.381 e. The summed E-state index contributed by atoms with van der Waals surface area (Å²) in [5, 5.41) is 5.88. The summed E-state index contributed by atoms with van der Waals surface area (Å²) < 4.78 is 13.2. The first kappa shape index (κ1) is 22.2. The molecular weight excluding hydrogens is 316 g/mol. The summed E-state index contributed by atoms with van der Waals surface area (Å²) in [6, 6.07) is 4.41. The third-order valence-corrected chi connectivity index (χ3v) is 2.53. The molecule has 0 aliphatic rings. The van der Waals surface area contributed by atoms with Crippen molar-refractivity contribution in [1.82, 2.24) is 0 Å². The normalized spacial score (nSPS) is 11.1. The van der Waals surface area contributed by atoms with Gasteiger partial charge in [0.1, 0.15) is 5.82 Å². The van der Waals surface area contributed by atoms with Crippen LogP contribution in [0.4, 0.5) is 15.8 Å². The van der Waals surface area contributed by atoms with Crippen LogP contribution < -0.4 is 16.4 Å². The van der Waals surface area contributed by atoms with E-state index in [1.54, 1.807) is 6.07 Å². The third kappa shape index (κ3) is 8.75. The van der Waals surface area contributed by atoms with Crippen molar-refractivity contribution in [2.24, 2.45) is 5.73 Å². The molecule has 1 rings (SSSR count). The summed E-state index contributed by atoms with van der Waals surface area (Å²) >= 11 is 0. The zero-order valence-electron chi connectivity index (χ0n) is 12.5. The summed E-state index contributed by atoms with van der Waals surface area (Å²) in [7, 11) is 0. The second-order valence-corrected chi connectivity index (χ2v) is 5.05. The molecule has 0 fully saturated rings. The third-order valence-electron chi connectivity index (χ3n) is 2.53. The van der Waals surface area contributed by atoms with Crippen LogP contribution >= 0.6 is 24.8 Å². The molecule has 0 saturated carbocycles. The molecule has 21 heavy (non-hydrogen) atoms. The van der Waals surface area contributed by atoms with Crippen LogP contribution in [0.25, 0.3) is 0 Å². The molecule has 0 spiro atoms. The highest BCUT2D eigenvalue weighted by Gasteiger charge is 2.09. The van der Waals surface area contributed by atoms with E-state index in [9.17, 15) is 9.18 Å². The maximum absolute atomic E-state index is 13.2. The van der Waals surface area contributed by atoms with Gasteiger partial charge in [0.2, 0.25) is 5.91 Å². The summed E-state index contributed by atoms with van der Waals surface area (Å²) in [6.45, 7) is 5.76. The Bertz CT molecular complexity index is 442. The predicted molar refractivity (Wildman–Crippen MR) is 91.2 cm³/mol. The van der Waals surface area contributed by atoms with Crippen LogP contribution in [0.1, 0.15) is 33.6 Å². The van der Waals surface area contributed by atoms with E-state index in [4.69, 9.17) is 5.73 Å². The zero-order chi connectivity index (χ0) is 14.4. The Morgan fingerprint density at radius 2 is 1.86 bits per heavy atom. The predicted octanol–water partition coefficient (Wildman–Crippen LogP) is 3.56. The fourth-order valence-electron chi connectivity index (χ4n) is 1.63. The van der Waals surface area contributed by atoms with Gasteiger partial charge in [-0.3, -0.25) is 4.79 Å². The monoisotopic (exact) mass is 339 g/mol. The van der Waals surface area contributed by atoms with E-state index in [0.29, 0.717) is 24.2 Å². The van der Waals surface area contributed by atoms with Crippen molar-refractivity contribution in [3.8, 4) is 0 Å². The summed E-state index contributed by atoms with van der Waals surface area (Å²) in [5.41, 5.74) is 6.78. The highest BCUT2D eigenvalue weighted by atomic mass is 35.5. The van der Waals surface area contributed by atoms with Crippen molar-refractivity contribution in [1.29, 1.82) is 0 Å². The molecule has 4 N–H and O–H groups in total. The molecule has 0 aromatic heterocycles. The number of carbonyl (C=O) groups excluding carboxylic acids is 1. The summed E-state index contributed by atoms with van der Waals surface area (Å²) in [5.74, 6) is -0.451. The Kier molecular flexibility index (Phi) is 11.3. The minimum Gasteiger partial charge on any atom is -0.381 e.